The van der Waals surface area contributed by atoms with Gasteiger partial charge in [0.2, 0.25) is 0 Å². The van der Waals surface area contributed by atoms with Gasteiger partial charge in [-0.15, -0.1) is 11.3 Å². The number of aromatic nitrogens is 3. The Labute approximate surface area is 92.2 Å². The third kappa shape index (κ3) is 1.93. The molecule has 15 heavy (non-hydrogen) atoms. The molecule has 0 aliphatic heterocycles. The maximum absolute atomic E-state index is 8.93. The Hall–Kier alpha value is -1.20. The van der Waals surface area contributed by atoms with E-state index in [1.165, 1.54) is 11.3 Å². The zero-order chi connectivity index (χ0) is 10.8. The zero-order valence-corrected chi connectivity index (χ0v) is 9.58. The summed E-state index contributed by atoms with van der Waals surface area (Å²) in [6, 6.07) is 2.01. The van der Waals surface area contributed by atoms with Crippen molar-refractivity contribution in [2.75, 3.05) is 0 Å². The molecule has 0 atom stereocenters. The van der Waals surface area contributed by atoms with Crippen LogP contribution in [-0.4, -0.2) is 19.9 Å². The molecular weight excluding hydrogens is 210 g/mol. The molecule has 0 aliphatic carbocycles. The Morgan fingerprint density at radius 1 is 1.47 bits per heavy atom. The first kappa shape index (κ1) is 10.3. The van der Waals surface area contributed by atoms with Crippen molar-refractivity contribution >= 4 is 11.3 Å². The molecule has 0 bridgehead atoms. The highest BCUT2D eigenvalue weighted by Crippen LogP contribution is 2.21. The summed E-state index contributed by atoms with van der Waals surface area (Å²) in [5.74, 6) is 0. The first-order valence-electron chi connectivity index (χ1n) is 4.84. The summed E-state index contributed by atoms with van der Waals surface area (Å²) in [6.45, 7) is 4.95. The summed E-state index contributed by atoms with van der Waals surface area (Å²) in [4.78, 5) is 4.28. The lowest BCUT2D eigenvalue weighted by molar-refractivity contribution is 0.281. The van der Waals surface area contributed by atoms with E-state index in [2.05, 4.69) is 17.0 Å². The standard InChI is InChI=1S/C10H13N3OS/c1-3-13-7(2)4-8(12-13)9-6-15-10(5-14)11-9/h4,6,14H,3,5H2,1-2H3. The van der Waals surface area contributed by atoms with Gasteiger partial charge in [0.15, 0.2) is 0 Å². The van der Waals surface area contributed by atoms with Crippen LogP contribution in [0, 0.1) is 6.92 Å². The molecule has 0 spiro atoms. The predicted molar refractivity (Wildman–Crippen MR) is 59.7 cm³/mol. The summed E-state index contributed by atoms with van der Waals surface area (Å²) in [5, 5.41) is 16.0. The fraction of sp³-hybridized carbons (Fsp3) is 0.400. The van der Waals surface area contributed by atoms with Crippen LogP contribution in [0.4, 0.5) is 0 Å². The minimum absolute atomic E-state index is 0.00185. The third-order valence-electron chi connectivity index (χ3n) is 2.23. The Bertz CT molecular complexity index is 461. The van der Waals surface area contributed by atoms with Crippen LogP contribution >= 0.6 is 11.3 Å². The number of rotatable bonds is 3. The largest absolute Gasteiger partial charge is 0.389 e. The molecule has 1 N–H and O–H groups in total. The monoisotopic (exact) mass is 223 g/mol. The van der Waals surface area contributed by atoms with Gasteiger partial charge in [-0.2, -0.15) is 5.10 Å². The summed E-state index contributed by atoms with van der Waals surface area (Å²) < 4.78 is 1.94. The molecule has 0 aliphatic rings. The average molecular weight is 223 g/mol. The molecule has 5 heteroatoms. The van der Waals surface area contributed by atoms with Gasteiger partial charge < -0.3 is 5.11 Å². The van der Waals surface area contributed by atoms with Gasteiger partial charge in [0.05, 0.1) is 6.61 Å². The molecule has 2 rings (SSSR count). The molecule has 0 radical (unpaired) electrons. The molecule has 4 nitrogen and oxygen atoms in total. The van der Waals surface area contributed by atoms with Crippen LogP contribution in [0.2, 0.25) is 0 Å². The van der Waals surface area contributed by atoms with Crippen molar-refractivity contribution in [3.8, 4) is 11.4 Å². The number of hydrogen-bond acceptors (Lipinski definition) is 4. The number of aryl methyl sites for hydroxylation is 2. The first-order chi connectivity index (χ1) is 7.24. The molecule has 0 unspecified atom stereocenters. The van der Waals surface area contributed by atoms with Gasteiger partial charge in [0.25, 0.3) is 0 Å². The number of nitrogens with zero attached hydrogens (tertiary/aromatic N) is 3. The van der Waals surface area contributed by atoms with Crippen molar-refractivity contribution in [2.45, 2.75) is 27.0 Å². The second kappa shape index (κ2) is 4.12. The number of aliphatic hydroxyl groups is 1. The number of aliphatic hydroxyl groups excluding tert-OH is 1. The Balaban J connectivity index is 2.36. The predicted octanol–water partition coefficient (Wildman–Crippen LogP) is 1.83. The highest BCUT2D eigenvalue weighted by Gasteiger charge is 2.08. The van der Waals surface area contributed by atoms with E-state index in [4.69, 9.17) is 5.11 Å². The third-order valence-corrected chi connectivity index (χ3v) is 3.06. The molecule has 0 saturated heterocycles. The highest BCUT2D eigenvalue weighted by atomic mass is 32.1. The molecular formula is C10H13N3OS. The minimum Gasteiger partial charge on any atom is -0.389 e. The molecule has 2 aromatic rings. The maximum atomic E-state index is 8.93. The van der Waals surface area contributed by atoms with E-state index in [1.807, 2.05) is 23.1 Å². The van der Waals surface area contributed by atoms with E-state index in [9.17, 15) is 0 Å². The molecule has 0 aromatic carbocycles. The van der Waals surface area contributed by atoms with Gasteiger partial charge in [-0.25, -0.2) is 4.98 Å². The van der Waals surface area contributed by atoms with E-state index in [0.717, 1.165) is 28.6 Å². The lowest BCUT2D eigenvalue weighted by atomic mass is 10.3. The second-order valence-corrected chi connectivity index (χ2v) is 4.21. The minimum atomic E-state index is -0.00185. The topological polar surface area (TPSA) is 50.9 Å². The lowest BCUT2D eigenvalue weighted by Crippen LogP contribution is -1.98. The molecule has 0 fully saturated rings. The summed E-state index contributed by atoms with van der Waals surface area (Å²) in [6.07, 6.45) is 0. The van der Waals surface area contributed by atoms with Crippen molar-refractivity contribution in [3.05, 3.63) is 22.1 Å². The van der Waals surface area contributed by atoms with Crippen LogP contribution in [0.15, 0.2) is 11.4 Å². The normalized spacial score (nSPS) is 10.9. The van der Waals surface area contributed by atoms with Crippen molar-refractivity contribution in [1.29, 1.82) is 0 Å². The Morgan fingerprint density at radius 3 is 2.80 bits per heavy atom. The fourth-order valence-corrected chi connectivity index (χ4v) is 2.10. The summed E-state index contributed by atoms with van der Waals surface area (Å²) >= 11 is 1.46. The first-order valence-corrected chi connectivity index (χ1v) is 5.72. The molecule has 0 saturated carbocycles. The van der Waals surface area contributed by atoms with Crippen LogP contribution in [-0.2, 0) is 13.2 Å². The van der Waals surface area contributed by atoms with E-state index >= 15 is 0 Å². The van der Waals surface area contributed by atoms with E-state index in [-0.39, 0.29) is 6.61 Å². The second-order valence-electron chi connectivity index (χ2n) is 3.27. The van der Waals surface area contributed by atoms with Crippen LogP contribution in [0.1, 0.15) is 17.6 Å². The van der Waals surface area contributed by atoms with Crippen molar-refractivity contribution in [2.24, 2.45) is 0 Å². The fourth-order valence-electron chi connectivity index (χ4n) is 1.46. The quantitative estimate of drug-likeness (QED) is 0.863. The average Bonchev–Trinajstić information content (AvgIpc) is 2.83. The summed E-state index contributed by atoms with van der Waals surface area (Å²) in [7, 11) is 0. The number of hydrogen-bond donors (Lipinski definition) is 1. The van der Waals surface area contributed by atoms with Crippen molar-refractivity contribution < 1.29 is 5.11 Å². The SMILES string of the molecule is CCn1nc(-c2csc(CO)n2)cc1C. The van der Waals surface area contributed by atoms with E-state index in [0.29, 0.717) is 0 Å². The van der Waals surface area contributed by atoms with Crippen molar-refractivity contribution in [1.82, 2.24) is 14.8 Å². The highest BCUT2D eigenvalue weighted by molar-refractivity contribution is 7.09. The van der Waals surface area contributed by atoms with Crippen LogP contribution in [0.25, 0.3) is 11.4 Å². The number of thiazole rings is 1. The van der Waals surface area contributed by atoms with Gasteiger partial charge in [-0.05, 0) is 19.9 Å². The van der Waals surface area contributed by atoms with Gasteiger partial charge in [-0.3, -0.25) is 4.68 Å². The molecule has 0 amide bonds. The van der Waals surface area contributed by atoms with Gasteiger partial charge in [0.1, 0.15) is 16.4 Å². The smallest absolute Gasteiger partial charge is 0.119 e. The van der Waals surface area contributed by atoms with E-state index < -0.39 is 0 Å². The molecule has 80 valence electrons. The van der Waals surface area contributed by atoms with E-state index in [1.54, 1.807) is 0 Å². The van der Waals surface area contributed by atoms with Crippen LogP contribution in [0.3, 0.4) is 0 Å². The van der Waals surface area contributed by atoms with Gasteiger partial charge in [0, 0.05) is 17.6 Å². The van der Waals surface area contributed by atoms with Crippen LogP contribution < -0.4 is 0 Å². The van der Waals surface area contributed by atoms with Gasteiger partial charge >= 0.3 is 0 Å². The lowest BCUT2D eigenvalue weighted by Gasteiger charge is -1.95. The molecule has 2 aromatic heterocycles. The van der Waals surface area contributed by atoms with Crippen LogP contribution in [0.5, 0.6) is 0 Å². The maximum Gasteiger partial charge on any atom is 0.119 e. The Kier molecular flexibility index (Phi) is 2.83. The zero-order valence-electron chi connectivity index (χ0n) is 8.77. The van der Waals surface area contributed by atoms with Gasteiger partial charge in [-0.1, -0.05) is 0 Å². The van der Waals surface area contributed by atoms with Crippen molar-refractivity contribution in [3.63, 3.8) is 0 Å². The summed E-state index contributed by atoms with van der Waals surface area (Å²) in [5.41, 5.74) is 2.86. The Morgan fingerprint density at radius 2 is 2.27 bits per heavy atom. The molecule has 2 heterocycles.